The number of rotatable bonds is 9. The van der Waals surface area contributed by atoms with Gasteiger partial charge in [-0.15, -0.1) is 0 Å². The highest BCUT2D eigenvalue weighted by molar-refractivity contribution is 5.78. The van der Waals surface area contributed by atoms with Gasteiger partial charge in [-0.05, 0) is 66.6 Å². The zero-order valence-corrected chi connectivity index (χ0v) is 16.5. The molecule has 0 aliphatic carbocycles. The third kappa shape index (κ3) is 5.49. The number of nitrogens with zero attached hydrogens (tertiary/aromatic N) is 2. The number of anilines is 2. The van der Waals surface area contributed by atoms with Crippen molar-refractivity contribution in [3.63, 3.8) is 0 Å². The molecule has 0 aliphatic heterocycles. The number of pyridine rings is 1. The zero-order chi connectivity index (χ0) is 21.3. The number of hydrogen-bond acceptors (Lipinski definition) is 7. The molecule has 1 heterocycles. The first-order chi connectivity index (χ1) is 14.6. The Morgan fingerprint density at radius 2 is 2.00 bits per heavy atom. The molecular weight excluding hydrogens is 380 g/mol. The Bertz CT molecular complexity index is 1030. The lowest BCUT2D eigenvalue weighted by molar-refractivity contribution is -0.307. The van der Waals surface area contributed by atoms with Crippen molar-refractivity contribution in [1.29, 1.82) is 5.26 Å². The van der Waals surface area contributed by atoms with Gasteiger partial charge < -0.3 is 25.3 Å². The fraction of sp³-hybridized carbons (Fsp3) is 0.174. The minimum Gasteiger partial charge on any atom is -0.548 e. The van der Waals surface area contributed by atoms with Crippen LogP contribution in [0.3, 0.4) is 0 Å². The van der Waals surface area contributed by atoms with E-state index in [1.54, 1.807) is 42.6 Å². The average Bonchev–Trinajstić information content (AvgIpc) is 2.77. The molecule has 0 fully saturated rings. The van der Waals surface area contributed by atoms with E-state index in [0.29, 0.717) is 41.5 Å². The maximum absolute atomic E-state index is 11.9. The van der Waals surface area contributed by atoms with Crippen molar-refractivity contribution >= 4 is 17.5 Å². The van der Waals surface area contributed by atoms with Gasteiger partial charge in [0.05, 0.1) is 30.3 Å². The van der Waals surface area contributed by atoms with Crippen LogP contribution in [0.4, 0.5) is 11.5 Å². The second-order valence-corrected chi connectivity index (χ2v) is 6.50. The van der Waals surface area contributed by atoms with Crippen molar-refractivity contribution in [3.8, 4) is 11.8 Å². The van der Waals surface area contributed by atoms with E-state index in [-0.39, 0.29) is 0 Å². The van der Waals surface area contributed by atoms with Crippen molar-refractivity contribution in [1.82, 2.24) is 4.98 Å². The normalized spacial score (nSPS) is 11.2. The summed E-state index contributed by atoms with van der Waals surface area (Å²) in [7, 11) is 0. The monoisotopic (exact) mass is 401 g/mol. The topological polar surface area (TPSA) is 110 Å². The molecule has 3 aromatic rings. The molecule has 30 heavy (non-hydrogen) atoms. The van der Waals surface area contributed by atoms with E-state index in [1.807, 2.05) is 37.3 Å². The van der Waals surface area contributed by atoms with Crippen molar-refractivity contribution in [2.75, 3.05) is 17.2 Å². The van der Waals surface area contributed by atoms with Crippen LogP contribution >= 0.6 is 0 Å². The fourth-order valence-electron chi connectivity index (χ4n) is 2.95. The summed E-state index contributed by atoms with van der Waals surface area (Å²) < 4.78 is 5.63. The SMILES string of the molecule is CCOc1cc(CNc2ccccn2)cc(C(Nc2ccc(C#N)cc2)C(=O)[O-])c1. The number of carbonyl (C=O) groups excluding carboxylic acids is 1. The summed E-state index contributed by atoms with van der Waals surface area (Å²) in [5.41, 5.74) is 2.41. The molecule has 0 saturated carbocycles. The van der Waals surface area contributed by atoms with Gasteiger partial charge in [0.1, 0.15) is 11.6 Å². The number of aromatic nitrogens is 1. The molecule has 0 aliphatic rings. The van der Waals surface area contributed by atoms with E-state index in [1.165, 1.54) is 0 Å². The molecule has 0 bridgehead atoms. The van der Waals surface area contributed by atoms with Crippen LogP contribution in [0.25, 0.3) is 0 Å². The number of carboxylic acid groups (broad SMARTS) is 1. The van der Waals surface area contributed by atoms with Gasteiger partial charge in [0.25, 0.3) is 0 Å². The van der Waals surface area contributed by atoms with Crippen LogP contribution in [-0.2, 0) is 11.3 Å². The molecule has 0 amide bonds. The highest BCUT2D eigenvalue weighted by Gasteiger charge is 2.15. The lowest BCUT2D eigenvalue weighted by Gasteiger charge is -2.23. The van der Waals surface area contributed by atoms with Crippen LogP contribution < -0.4 is 20.5 Å². The number of nitrogens with one attached hydrogen (secondary N) is 2. The Hall–Kier alpha value is -4.05. The van der Waals surface area contributed by atoms with E-state index >= 15 is 0 Å². The van der Waals surface area contributed by atoms with Gasteiger partial charge in [0, 0.05) is 18.4 Å². The highest BCUT2D eigenvalue weighted by Crippen LogP contribution is 2.26. The molecular formula is C23H21N4O3-. The van der Waals surface area contributed by atoms with Gasteiger partial charge in [0.15, 0.2) is 0 Å². The van der Waals surface area contributed by atoms with Crippen molar-refractivity contribution in [3.05, 3.63) is 83.6 Å². The molecule has 7 heteroatoms. The number of carboxylic acids is 1. The standard InChI is InChI=1S/C23H22N4O3/c1-2-30-20-12-17(15-26-21-5-3-4-10-25-21)11-18(13-20)22(23(28)29)27-19-8-6-16(14-24)7-9-19/h3-13,22,27H,2,15H2,1H3,(H,25,26)(H,28,29)/p-1. The van der Waals surface area contributed by atoms with Gasteiger partial charge in [-0.3, -0.25) is 0 Å². The molecule has 0 saturated heterocycles. The van der Waals surface area contributed by atoms with E-state index in [4.69, 9.17) is 10.00 Å². The van der Waals surface area contributed by atoms with Gasteiger partial charge in [0.2, 0.25) is 0 Å². The van der Waals surface area contributed by atoms with Crippen LogP contribution in [0.5, 0.6) is 5.75 Å². The predicted octanol–water partition coefficient (Wildman–Crippen LogP) is 2.87. The predicted molar refractivity (Wildman–Crippen MR) is 112 cm³/mol. The summed E-state index contributed by atoms with van der Waals surface area (Å²) >= 11 is 0. The average molecular weight is 401 g/mol. The fourth-order valence-corrected chi connectivity index (χ4v) is 2.95. The summed E-state index contributed by atoms with van der Waals surface area (Å²) in [6.07, 6.45) is 1.69. The Morgan fingerprint density at radius 3 is 2.63 bits per heavy atom. The molecule has 2 aromatic carbocycles. The first-order valence-corrected chi connectivity index (χ1v) is 9.48. The molecule has 152 valence electrons. The summed E-state index contributed by atoms with van der Waals surface area (Å²) in [6, 6.07) is 18.4. The second kappa shape index (κ2) is 9.94. The number of benzene rings is 2. The summed E-state index contributed by atoms with van der Waals surface area (Å²) in [5.74, 6) is 0.0189. The summed E-state index contributed by atoms with van der Waals surface area (Å²) in [6.45, 7) is 2.76. The molecule has 3 rings (SSSR count). The number of carbonyl (C=O) groups is 1. The zero-order valence-electron chi connectivity index (χ0n) is 16.5. The van der Waals surface area contributed by atoms with E-state index in [2.05, 4.69) is 15.6 Å². The van der Waals surface area contributed by atoms with Crippen LogP contribution in [0.15, 0.2) is 66.9 Å². The van der Waals surface area contributed by atoms with Gasteiger partial charge in [-0.25, -0.2) is 4.98 Å². The minimum atomic E-state index is -1.27. The first kappa shape index (κ1) is 20.7. The Kier molecular flexibility index (Phi) is 6.85. The van der Waals surface area contributed by atoms with Crippen molar-refractivity contribution in [2.24, 2.45) is 0 Å². The quantitative estimate of drug-likeness (QED) is 0.567. The molecule has 1 atom stereocenters. The molecule has 1 aromatic heterocycles. The van der Waals surface area contributed by atoms with E-state index in [0.717, 1.165) is 5.56 Å². The lowest BCUT2D eigenvalue weighted by Crippen LogP contribution is -2.34. The maximum atomic E-state index is 11.9. The second-order valence-electron chi connectivity index (χ2n) is 6.50. The smallest absolute Gasteiger partial charge is 0.126 e. The van der Waals surface area contributed by atoms with Crippen LogP contribution in [0.2, 0.25) is 0 Å². The number of nitriles is 1. The van der Waals surface area contributed by atoms with Crippen LogP contribution in [0, 0.1) is 11.3 Å². The Labute approximate surface area is 175 Å². The third-order valence-electron chi connectivity index (χ3n) is 4.33. The maximum Gasteiger partial charge on any atom is 0.126 e. The van der Waals surface area contributed by atoms with Gasteiger partial charge >= 0.3 is 0 Å². The Balaban J connectivity index is 1.86. The molecule has 1 unspecified atom stereocenters. The molecule has 0 spiro atoms. The third-order valence-corrected chi connectivity index (χ3v) is 4.33. The first-order valence-electron chi connectivity index (χ1n) is 9.48. The van der Waals surface area contributed by atoms with E-state index in [9.17, 15) is 9.90 Å². The number of ether oxygens (including phenoxy) is 1. The van der Waals surface area contributed by atoms with Crippen LogP contribution in [0.1, 0.15) is 29.7 Å². The minimum absolute atomic E-state index is 0.446. The van der Waals surface area contributed by atoms with Gasteiger partial charge in [-0.2, -0.15) is 5.26 Å². The number of aliphatic carboxylic acids is 1. The van der Waals surface area contributed by atoms with Gasteiger partial charge in [-0.1, -0.05) is 12.1 Å². The summed E-state index contributed by atoms with van der Waals surface area (Å²) in [4.78, 5) is 16.1. The molecule has 0 radical (unpaired) electrons. The largest absolute Gasteiger partial charge is 0.548 e. The summed E-state index contributed by atoms with van der Waals surface area (Å²) in [5, 5.41) is 27.0. The van der Waals surface area contributed by atoms with Crippen molar-refractivity contribution in [2.45, 2.75) is 19.5 Å². The molecule has 2 N–H and O–H groups in total. The number of hydrogen-bond donors (Lipinski definition) is 2. The van der Waals surface area contributed by atoms with E-state index < -0.39 is 12.0 Å². The lowest BCUT2D eigenvalue weighted by atomic mass is 10.0. The van der Waals surface area contributed by atoms with Crippen LogP contribution in [-0.4, -0.2) is 17.6 Å². The highest BCUT2D eigenvalue weighted by atomic mass is 16.5. The Morgan fingerprint density at radius 1 is 1.20 bits per heavy atom. The van der Waals surface area contributed by atoms with Crippen molar-refractivity contribution < 1.29 is 14.6 Å². The molecule has 7 nitrogen and oxygen atoms in total.